The van der Waals surface area contributed by atoms with Crippen LogP contribution in [0, 0.1) is 0 Å². The van der Waals surface area contributed by atoms with Gasteiger partial charge in [0.2, 0.25) is 0 Å². The highest BCUT2D eigenvalue weighted by molar-refractivity contribution is 9.10. The highest BCUT2D eigenvalue weighted by Crippen LogP contribution is 2.18. The Morgan fingerprint density at radius 3 is 2.85 bits per heavy atom. The SMILES string of the molecule is CCc1cc(Br)ccc1/C=C/CN. The number of benzene rings is 1. The minimum atomic E-state index is 0.596. The fourth-order valence-electron chi connectivity index (χ4n) is 1.24. The average Bonchev–Trinajstić information content (AvgIpc) is 2.16. The Hall–Kier alpha value is -0.600. The van der Waals surface area contributed by atoms with Crippen LogP contribution >= 0.6 is 15.9 Å². The van der Waals surface area contributed by atoms with Gasteiger partial charge in [-0.1, -0.05) is 41.1 Å². The molecule has 2 heteroatoms. The molecule has 1 nitrogen and oxygen atoms in total. The molecule has 2 N–H and O–H groups in total. The zero-order valence-electron chi connectivity index (χ0n) is 7.76. The quantitative estimate of drug-likeness (QED) is 0.863. The van der Waals surface area contributed by atoms with E-state index in [0.717, 1.165) is 10.9 Å². The number of halogens is 1. The Morgan fingerprint density at radius 1 is 1.46 bits per heavy atom. The Morgan fingerprint density at radius 2 is 2.23 bits per heavy atom. The van der Waals surface area contributed by atoms with Gasteiger partial charge in [-0.2, -0.15) is 0 Å². The summed E-state index contributed by atoms with van der Waals surface area (Å²) in [6.45, 7) is 2.75. The summed E-state index contributed by atoms with van der Waals surface area (Å²) < 4.78 is 1.13. The lowest BCUT2D eigenvalue weighted by molar-refractivity contribution is 1.13. The lowest BCUT2D eigenvalue weighted by Crippen LogP contribution is -1.93. The van der Waals surface area contributed by atoms with Crippen LogP contribution in [0.2, 0.25) is 0 Å². The summed E-state index contributed by atoms with van der Waals surface area (Å²) in [5, 5.41) is 0. The van der Waals surface area contributed by atoms with E-state index in [1.165, 1.54) is 11.1 Å². The summed E-state index contributed by atoms with van der Waals surface area (Å²) in [6, 6.07) is 6.31. The van der Waals surface area contributed by atoms with Crippen molar-refractivity contribution in [1.82, 2.24) is 0 Å². The first-order valence-electron chi connectivity index (χ1n) is 4.43. The largest absolute Gasteiger partial charge is 0.327 e. The predicted octanol–water partition coefficient (Wildman–Crippen LogP) is 2.98. The van der Waals surface area contributed by atoms with Crippen molar-refractivity contribution < 1.29 is 0 Å². The third-order valence-corrected chi connectivity index (χ3v) is 2.41. The molecule has 1 rings (SSSR count). The van der Waals surface area contributed by atoms with Crippen molar-refractivity contribution in [2.45, 2.75) is 13.3 Å². The predicted molar refractivity (Wildman–Crippen MR) is 61.6 cm³/mol. The van der Waals surface area contributed by atoms with E-state index >= 15 is 0 Å². The molecular weight excluding hydrogens is 226 g/mol. The van der Waals surface area contributed by atoms with Crippen molar-refractivity contribution in [1.29, 1.82) is 0 Å². The first-order valence-corrected chi connectivity index (χ1v) is 5.22. The molecule has 0 amide bonds. The van der Waals surface area contributed by atoms with Gasteiger partial charge in [0.15, 0.2) is 0 Å². The minimum absolute atomic E-state index is 0.596. The van der Waals surface area contributed by atoms with Gasteiger partial charge in [0, 0.05) is 11.0 Å². The number of nitrogens with two attached hydrogens (primary N) is 1. The summed E-state index contributed by atoms with van der Waals surface area (Å²) in [4.78, 5) is 0. The van der Waals surface area contributed by atoms with Crippen molar-refractivity contribution >= 4 is 22.0 Å². The summed E-state index contributed by atoms with van der Waals surface area (Å²) in [5.41, 5.74) is 8.01. The van der Waals surface area contributed by atoms with Crippen molar-refractivity contribution in [2.75, 3.05) is 6.54 Å². The third kappa shape index (κ3) is 2.98. The minimum Gasteiger partial charge on any atom is -0.327 e. The van der Waals surface area contributed by atoms with E-state index in [2.05, 4.69) is 47.1 Å². The third-order valence-electron chi connectivity index (χ3n) is 1.92. The van der Waals surface area contributed by atoms with E-state index in [-0.39, 0.29) is 0 Å². The maximum absolute atomic E-state index is 5.40. The monoisotopic (exact) mass is 239 g/mol. The molecule has 0 saturated heterocycles. The highest BCUT2D eigenvalue weighted by Gasteiger charge is 1.97. The molecule has 13 heavy (non-hydrogen) atoms. The van der Waals surface area contributed by atoms with Gasteiger partial charge < -0.3 is 5.73 Å². The fraction of sp³-hybridized carbons (Fsp3) is 0.273. The standard InChI is InChI=1S/C11H14BrN/c1-2-9-8-11(12)6-5-10(9)4-3-7-13/h3-6,8H,2,7,13H2,1H3/b4-3+. The number of rotatable bonds is 3. The first kappa shape index (κ1) is 10.5. The summed E-state index contributed by atoms with van der Waals surface area (Å²) in [6.07, 6.45) is 5.09. The van der Waals surface area contributed by atoms with Crippen LogP contribution in [-0.2, 0) is 6.42 Å². The Bertz CT molecular complexity index is 305. The molecule has 0 aliphatic rings. The number of hydrogen-bond donors (Lipinski definition) is 1. The van der Waals surface area contributed by atoms with Crippen LogP contribution in [0.25, 0.3) is 6.08 Å². The normalized spacial score (nSPS) is 11.0. The summed E-state index contributed by atoms with van der Waals surface area (Å²) >= 11 is 3.46. The van der Waals surface area contributed by atoms with Crippen LogP contribution in [0.3, 0.4) is 0 Å². The molecule has 0 aliphatic heterocycles. The Balaban J connectivity index is 2.99. The molecule has 0 aromatic heterocycles. The van der Waals surface area contributed by atoms with E-state index < -0.39 is 0 Å². The second-order valence-corrected chi connectivity index (χ2v) is 3.75. The molecule has 0 unspecified atom stereocenters. The van der Waals surface area contributed by atoms with E-state index in [4.69, 9.17) is 5.73 Å². The molecule has 0 bridgehead atoms. The highest BCUT2D eigenvalue weighted by atomic mass is 79.9. The maximum atomic E-state index is 5.40. The molecule has 0 fully saturated rings. The van der Waals surface area contributed by atoms with Gasteiger partial charge in [-0.15, -0.1) is 0 Å². The molecule has 0 aliphatic carbocycles. The molecule has 0 heterocycles. The Kier molecular flexibility index (Phi) is 4.19. The van der Waals surface area contributed by atoms with E-state index in [1.54, 1.807) is 0 Å². The van der Waals surface area contributed by atoms with Gasteiger partial charge in [-0.05, 0) is 29.7 Å². The summed E-state index contributed by atoms with van der Waals surface area (Å²) in [7, 11) is 0. The lowest BCUT2D eigenvalue weighted by Gasteiger charge is -2.03. The molecule has 0 radical (unpaired) electrons. The number of hydrogen-bond acceptors (Lipinski definition) is 1. The van der Waals surface area contributed by atoms with Crippen molar-refractivity contribution in [2.24, 2.45) is 5.73 Å². The fourth-order valence-corrected chi connectivity index (χ4v) is 1.65. The summed E-state index contributed by atoms with van der Waals surface area (Å²) in [5.74, 6) is 0. The first-order chi connectivity index (χ1) is 6.27. The second-order valence-electron chi connectivity index (χ2n) is 2.83. The number of aryl methyl sites for hydroxylation is 1. The zero-order valence-corrected chi connectivity index (χ0v) is 9.34. The smallest absolute Gasteiger partial charge is 0.0178 e. The van der Waals surface area contributed by atoms with Crippen LogP contribution in [0.4, 0.5) is 0 Å². The van der Waals surface area contributed by atoms with E-state index in [0.29, 0.717) is 6.54 Å². The van der Waals surface area contributed by atoms with E-state index in [1.807, 2.05) is 6.08 Å². The van der Waals surface area contributed by atoms with Gasteiger partial charge in [0.1, 0.15) is 0 Å². The van der Waals surface area contributed by atoms with Gasteiger partial charge in [-0.25, -0.2) is 0 Å². The van der Waals surface area contributed by atoms with E-state index in [9.17, 15) is 0 Å². The lowest BCUT2D eigenvalue weighted by atomic mass is 10.1. The molecule has 1 aromatic rings. The van der Waals surface area contributed by atoms with Crippen molar-refractivity contribution in [3.05, 3.63) is 39.9 Å². The molecule has 0 saturated carbocycles. The maximum Gasteiger partial charge on any atom is 0.0178 e. The molecular formula is C11H14BrN. The molecule has 70 valence electrons. The van der Waals surface area contributed by atoms with Gasteiger partial charge in [0.25, 0.3) is 0 Å². The zero-order chi connectivity index (χ0) is 9.68. The van der Waals surface area contributed by atoms with Crippen LogP contribution in [0.15, 0.2) is 28.7 Å². The van der Waals surface area contributed by atoms with Crippen LogP contribution in [-0.4, -0.2) is 6.54 Å². The van der Waals surface area contributed by atoms with Crippen molar-refractivity contribution in [3.63, 3.8) is 0 Å². The molecule has 1 aromatic carbocycles. The van der Waals surface area contributed by atoms with Gasteiger partial charge in [0.05, 0.1) is 0 Å². The van der Waals surface area contributed by atoms with Gasteiger partial charge >= 0.3 is 0 Å². The molecule has 0 spiro atoms. The van der Waals surface area contributed by atoms with Gasteiger partial charge in [-0.3, -0.25) is 0 Å². The Labute approximate surface area is 87.8 Å². The van der Waals surface area contributed by atoms with Crippen molar-refractivity contribution in [3.8, 4) is 0 Å². The van der Waals surface area contributed by atoms with Crippen LogP contribution < -0.4 is 5.73 Å². The second kappa shape index (κ2) is 5.20. The van der Waals surface area contributed by atoms with Crippen LogP contribution in [0.5, 0.6) is 0 Å². The molecule has 0 atom stereocenters. The van der Waals surface area contributed by atoms with Crippen LogP contribution in [0.1, 0.15) is 18.1 Å². The topological polar surface area (TPSA) is 26.0 Å². The average molecular weight is 240 g/mol.